The summed E-state index contributed by atoms with van der Waals surface area (Å²) in [5.41, 5.74) is 0. The lowest BCUT2D eigenvalue weighted by molar-refractivity contribution is -0.922. The zero-order valence-corrected chi connectivity index (χ0v) is 7.50. The SMILES string of the molecule is CC(C)C(O)[N+](C)(C)C.[OH-]. The van der Waals surface area contributed by atoms with Gasteiger partial charge in [0.05, 0.1) is 21.1 Å². The minimum atomic E-state index is -0.245. The first-order valence-electron chi connectivity index (χ1n) is 3.35. The Morgan fingerprint density at radius 1 is 1.10 bits per heavy atom. The number of aliphatic hydroxyl groups excluding tert-OH is 1. The summed E-state index contributed by atoms with van der Waals surface area (Å²) < 4.78 is 0.623. The Labute approximate surface area is 63.2 Å². The van der Waals surface area contributed by atoms with Gasteiger partial charge in [-0.3, -0.25) is 0 Å². The molecule has 0 saturated heterocycles. The Balaban J connectivity index is 0. The molecule has 0 aromatic heterocycles. The van der Waals surface area contributed by atoms with Crippen LogP contribution in [0.3, 0.4) is 0 Å². The molecule has 0 aliphatic carbocycles. The molecule has 10 heavy (non-hydrogen) atoms. The predicted molar refractivity (Wildman–Crippen MR) is 40.8 cm³/mol. The van der Waals surface area contributed by atoms with Crippen molar-refractivity contribution in [3.8, 4) is 0 Å². The van der Waals surface area contributed by atoms with E-state index in [-0.39, 0.29) is 11.7 Å². The molecule has 1 atom stereocenters. The summed E-state index contributed by atoms with van der Waals surface area (Å²) in [6.07, 6.45) is -0.245. The topological polar surface area (TPSA) is 50.2 Å². The van der Waals surface area contributed by atoms with Crippen LogP contribution in [0.2, 0.25) is 0 Å². The monoisotopic (exact) mass is 149 g/mol. The predicted octanol–water partition coefficient (Wildman–Crippen LogP) is 0.490. The summed E-state index contributed by atoms with van der Waals surface area (Å²) in [6.45, 7) is 4.04. The molecule has 64 valence electrons. The van der Waals surface area contributed by atoms with Gasteiger partial charge in [0.1, 0.15) is 0 Å². The molecule has 0 saturated carbocycles. The van der Waals surface area contributed by atoms with E-state index in [1.807, 2.05) is 35.0 Å². The lowest BCUT2D eigenvalue weighted by Gasteiger charge is -2.32. The largest absolute Gasteiger partial charge is 0.870 e. The molecule has 0 aliphatic heterocycles. The third-order valence-electron chi connectivity index (χ3n) is 1.39. The summed E-state index contributed by atoms with van der Waals surface area (Å²) in [7, 11) is 5.97. The van der Waals surface area contributed by atoms with Crippen molar-refractivity contribution in [2.45, 2.75) is 20.1 Å². The third kappa shape index (κ3) is 3.82. The van der Waals surface area contributed by atoms with Crippen molar-refractivity contribution >= 4 is 0 Å². The van der Waals surface area contributed by atoms with Crippen LogP contribution in [0.1, 0.15) is 13.8 Å². The van der Waals surface area contributed by atoms with Crippen LogP contribution in [-0.2, 0) is 0 Å². The van der Waals surface area contributed by atoms with Crippen LogP contribution in [0, 0.1) is 5.92 Å². The van der Waals surface area contributed by atoms with Crippen molar-refractivity contribution in [1.29, 1.82) is 0 Å². The van der Waals surface area contributed by atoms with Crippen LogP contribution in [0.5, 0.6) is 0 Å². The Bertz CT molecular complexity index is 86.1. The Morgan fingerprint density at radius 2 is 1.40 bits per heavy atom. The molecule has 0 aromatic carbocycles. The van der Waals surface area contributed by atoms with Gasteiger partial charge in [-0.25, -0.2) is 0 Å². The molecule has 1 unspecified atom stereocenters. The second-order valence-electron chi connectivity index (χ2n) is 3.77. The standard InChI is InChI=1S/C7H18NO.H2O/c1-6(2)7(9)8(3,4)5;/h6-7,9H,1-5H3;1H2/q+1;/p-1. The first-order valence-corrected chi connectivity index (χ1v) is 3.35. The fraction of sp³-hybridized carbons (Fsp3) is 1.00. The van der Waals surface area contributed by atoms with Crippen molar-refractivity contribution < 1.29 is 15.1 Å². The van der Waals surface area contributed by atoms with Gasteiger partial charge < -0.3 is 15.1 Å². The molecular formula is C7H19NO2. The lowest BCUT2D eigenvalue weighted by Crippen LogP contribution is -2.47. The summed E-state index contributed by atoms with van der Waals surface area (Å²) in [4.78, 5) is 0. The van der Waals surface area contributed by atoms with E-state index in [1.165, 1.54) is 0 Å². The summed E-state index contributed by atoms with van der Waals surface area (Å²) in [6, 6.07) is 0. The van der Waals surface area contributed by atoms with Gasteiger partial charge in [-0.15, -0.1) is 0 Å². The first-order chi connectivity index (χ1) is 3.85. The fourth-order valence-electron chi connectivity index (χ4n) is 0.894. The highest BCUT2D eigenvalue weighted by Gasteiger charge is 2.23. The number of quaternary nitrogens is 1. The van der Waals surface area contributed by atoms with Gasteiger partial charge in [-0.1, -0.05) is 13.8 Å². The van der Waals surface area contributed by atoms with Crippen molar-refractivity contribution in [1.82, 2.24) is 0 Å². The van der Waals surface area contributed by atoms with Crippen LogP contribution in [0.4, 0.5) is 0 Å². The molecule has 0 bridgehead atoms. The fourth-order valence-corrected chi connectivity index (χ4v) is 0.894. The van der Waals surface area contributed by atoms with Crippen molar-refractivity contribution in [2.75, 3.05) is 21.1 Å². The van der Waals surface area contributed by atoms with E-state index < -0.39 is 0 Å². The van der Waals surface area contributed by atoms with Crippen LogP contribution in [0.15, 0.2) is 0 Å². The van der Waals surface area contributed by atoms with Crippen molar-refractivity contribution in [2.24, 2.45) is 5.92 Å². The van der Waals surface area contributed by atoms with Crippen molar-refractivity contribution in [3.05, 3.63) is 0 Å². The minimum Gasteiger partial charge on any atom is -0.870 e. The van der Waals surface area contributed by atoms with E-state index in [1.54, 1.807) is 0 Å². The molecule has 0 aromatic rings. The molecule has 0 rings (SSSR count). The highest BCUT2D eigenvalue weighted by atomic mass is 16.3. The third-order valence-corrected chi connectivity index (χ3v) is 1.39. The zero-order chi connectivity index (χ0) is 7.65. The summed E-state index contributed by atoms with van der Waals surface area (Å²) >= 11 is 0. The molecule has 3 heteroatoms. The van der Waals surface area contributed by atoms with Crippen molar-refractivity contribution in [3.63, 3.8) is 0 Å². The molecule has 0 aliphatic rings. The van der Waals surface area contributed by atoms with E-state index >= 15 is 0 Å². The smallest absolute Gasteiger partial charge is 0.192 e. The van der Waals surface area contributed by atoms with Gasteiger partial charge in [0.15, 0.2) is 6.23 Å². The Hall–Kier alpha value is -0.120. The van der Waals surface area contributed by atoms with E-state index in [0.717, 1.165) is 0 Å². The number of nitrogens with zero attached hydrogens (tertiary/aromatic N) is 1. The van der Waals surface area contributed by atoms with Crippen LogP contribution in [-0.4, -0.2) is 42.4 Å². The quantitative estimate of drug-likeness (QED) is 0.459. The minimum absolute atomic E-state index is 0. The number of hydrogen-bond acceptors (Lipinski definition) is 2. The van der Waals surface area contributed by atoms with E-state index in [4.69, 9.17) is 0 Å². The average molecular weight is 149 g/mol. The summed E-state index contributed by atoms with van der Waals surface area (Å²) in [5, 5.41) is 9.44. The highest BCUT2D eigenvalue weighted by molar-refractivity contribution is 4.45. The van der Waals surface area contributed by atoms with E-state index in [0.29, 0.717) is 10.4 Å². The zero-order valence-electron chi connectivity index (χ0n) is 7.50. The van der Waals surface area contributed by atoms with E-state index in [9.17, 15) is 5.11 Å². The highest BCUT2D eigenvalue weighted by Crippen LogP contribution is 2.08. The van der Waals surface area contributed by atoms with E-state index in [2.05, 4.69) is 0 Å². The maximum atomic E-state index is 9.44. The molecular weight excluding hydrogens is 130 g/mol. The van der Waals surface area contributed by atoms with Crippen LogP contribution < -0.4 is 0 Å². The molecule has 3 nitrogen and oxygen atoms in total. The van der Waals surface area contributed by atoms with Crippen LogP contribution in [0.25, 0.3) is 0 Å². The maximum absolute atomic E-state index is 9.44. The molecule has 0 spiro atoms. The second-order valence-corrected chi connectivity index (χ2v) is 3.77. The second kappa shape index (κ2) is 3.91. The van der Waals surface area contributed by atoms with Gasteiger partial charge in [-0.2, -0.15) is 0 Å². The number of aliphatic hydroxyl groups is 1. The van der Waals surface area contributed by atoms with Gasteiger partial charge in [-0.05, 0) is 0 Å². The van der Waals surface area contributed by atoms with Gasteiger partial charge in [0.2, 0.25) is 0 Å². The molecule has 2 N–H and O–H groups in total. The molecule has 0 heterocycles. The number of hydrogen-bond donors (Lipinski definition) is 1. The summed E-state index contributed by atoms with van der Waals surface area (Å²) in [5.74, 6) is 0.338. The van der Waals surface area contributed by atoms with Crippen LogP contribution >= 0.6 is 0 Å². The van der Waals surface area contributed by atoms with Gasteiger partial charge in [0, 0.05) is 5.92 Å². The maximum Gasteiger partial charge on any atom is 0.192 e. The van der Waals surface area contributed by atoms with Gasteiger partial charge in [0.25, 0.3) is 0 Å². The lowest BCUT2D eigenvalue weighted by atomic mass is 10.1. The first kappa shape index (κ1) is 12.5. The molecule has 0 amide bonds. The Morgan fingerprint density at radius 3 is 1.40 bits per heavy atom. The van der Waals surface area contributed by atoms with Gasteiger partial charge >= 0.3 is 0 Å². The molecule has 0 fully saturated rings. The number of rotatable bonds is 2. The average Bonchev–Trinajstić information content (AvgIpc) is 1.62. The Kier molecular flexibility index (Phi) is 4.90. The normalized spacial score (nSPS) is 14.7. The molecule has 0 radical (unpaired) electrons.